The topological polar surface area (TPSA) is 58.4 Å². The summed E-state index contributed by atoms with van der Waals surface area (Å²) < 4.78 is 0. The van der Waals surface area contributed by atoms with Gasteiger partial charge in [0.15, 0.2) is 0 Å². The number of nitrogens with two attached hydrogens (primary N) is 1. The van der Waals surface area contributed by atoms with Crippen molar-refractivity contribution in [2.75, 3.05) is 26.7 Å². The lowest BCUT2D eigenvalue weighted by molar-refractivity contribution is -0.120. The molecule has 13 heavy (non-hydrogen) atoms. The van der Waals surface area contributed by atoms with E-state index in [4.69, 9.17) is 5.73 Å². The molecule has 4 nitrogen and oxygen atoms in total. The number of piperidine rings is 1. The van der Waals surface area contributed by atoms with Gasteiger partial charge in [0.2, 0.25) is 5.91 Å². The van der Waals surface area contributed by atoms with E-state index >= 15 is 0 Å². The van der Waals surface area contributed by atoms with Crippen molar-refractivity contribution in [1.29, 1.82) is 0 Å². The number of primary amides is 1. The van der Waals surface area contributed by atoms with Gasteiger partial charge < -0.3 is 11.1 Å². The molecule has 4 heteroatoms. The van der Waals surface area contributed by atoms with Gasteiger partial charge >= 0.3 is 0 Å². The fraction of sp³-hybridized carbons (Fsp3) is 0.889. The van der Waals surface area contributed by atoms with E-state index in [1.807, 2.05) is 7.05 Å². The minimum Gasteiger partial charge on any atom is -0.369 e. The predicted molar refractivity (Wildman–Crippen MR) is 52.3 cm³/mol. The SMILES string of the molecule is CNCC1CCCCN1CC(N)=O. The van der Waals surface area contributed by atoms with Gasteiger partial charge in [0.05, 0.1) is 6.54 Å². The lowest BCUT2D eigenvalue weighted by Gasteiger charge is -2.34. The number of hydrogen-bond acceptors (Lipinski definition) is 3. The molecule has 1 atom stereocenters. The van der Waals surface area contributed by atoms with Crippen molar-refractivity contribution < 1.29 is 4.79 Å². The van der Waals surface area contributed by atoms with E-state index in [-0.39, 0.29) is 5.91 Å². The molecule has 1 fully saturated rings. The average molecular weight is 185 g/mol. The summed E-state index contributed by atoms with van der Waals surface area (Å²) in [6.45, 7) is 2.37. The van der Waals surface area contributed by atoms with E-state index in [1.165, 1.54) is 19.3 Å². The third kappa shape index (κ3) is 3.32. The molecule has 1 rings (SSSR count). The molecule has 0 radical (unpaired) electrons. The van der Waals surface area contributed by atoms with Crippen molar-refractivity contribution >= 4 is 5.91 Å². The standard InChI is InChI=1S/C9H19N3O/c1-11-6-8-4-2-3-5-12(8)7-9(10)13/h8,11H,2-7H2,1H3,(H2,10,13). The number of hydrogen-bond donors (Lipinski definition) is 2. The van der Waals surface area contributed by atoms with Crippen LogP contribution in [0.1, 0.15) is 19.3 Å². The van der Waals surface area contributed by atoms with Crippen LogP contribution in [0.25, 0.3) is 0 Å². The van der Waals surface area contributed by atoms with Gasteiger partial charge in [-0.1, -0.05) is 6.42 Å². The molecule has 1 amide bonds. The van der Waals surface area contributed by atoms with Crippen molar-refractivity contribution in [2.45, 2.75) is 25.3 Å². The zero-order valence-corrected chi connectivity index (χ0v) is 8.25. The fourth-order valence-electron chi connectivity index (χ4n) is 1.94. The monoisotopic (exact) mass is 185 g/mol. The third-order valence-corrected chi connectivity index (χ3v) is 2.55. The van der Waals surface area contributed by atoms with Crippen molar-refractivity contribution in [3.05, 3.63) is 0 Å². The second-order valence-electron chi connectivity index (χ2n) is 3.64. The van der Waals surface area contributed by atoms with Gasteiger partial charge in [-0.25, -0.2) is 0 Å². The number of amides is 1. The Kier molecular flexibility index (Phi) is 4.18. The Labute approximate surface area is 79.5 Å². The highest BCUT2D eigenvalue weighted by Gasteiger charge is 2.22. The molecule has 0 aliphatic carbocycles. The first kappa shape index (κ1) is 10.5. The first-order valence-corrected chi connectivity index (χ1v) is 4.91. The number of likely N-dealkylation sites (N-methyl/N-ethyl adjacent to an activating group) is 1. The lowest BCUT2D eigenvalue weighted by Crippen LogP contribution is -2.48. The number of likely N-dealkylation sites (tertiary alicyclic amines) is 1. The molecule has 0 aromatic carbocycles. The second kappa shape index (κ2) is 5.19. The van der Waals surface area contributed by atoms with Crippen molar-refractivity contribution in [2.24, 2.45) is 5.73 Å². The minimum atomic E-state index is -0.219. The molecule has 1 aliphatic rings. The van der Waals surface area contributed by atoms with Crippen LogP contribution in [0.3, 0.4) is 0 Å². The van der Waals surface area contributed by atoms with E-state index < -0.39 is 0 Å². The summed E-state index contributed by atoms with van der Waals surface area (Å²) in [4.78, 5) is 13.0. The Balaban J connectivity index is 2.41. The molecule has 0 aromatic heterocycles. The van der Waals surface area contributed by atoms with Gasteiger partial charge in [0.1, 0.15) is 0 Å². The van der Waals surface area contributed by atoms with Gasteiger partial charge in [-0.05, 0) is 26.4 Å². The van der Waals surface area contributed by atoms with Crippen molar-refractivity contribution in [1.82, 2.24) is 10.2 Å². The van der Waals surface area contributed by atoms with Crippen LogP contribution in [0.15, 0.2) is 0 Å². The number of carbonyl (C=O) groups is 1. The molecule has 0 bridgehead atoms. The highest BCUT2D eigenvalue weighted by Crippen LogP contribution is 2.15. The summed E-state index contributed by atoms with van der Waals surface area (Å²) in [5.41, 5.74) is 5.18. The van der Waals surface area contributed by atoms with Crippen molar-refractivity contribution in [3.8, 4) is 0 Å². The van der Waals surface area contributed by atoms with Gasteiger partial charge in [0.25, 0.3) is 0 Å². The number of rotatable bonds is 4. The maximum Gasteiger partial charge on any atom is 0.231 e. The molecule has 1 heterocycles. The van der Waals surface area contributed by atoms with Crippen LogP contribution in [0.4, 0.5) is 0 Å². The number of nitrogens with zero attached hydrogens (tertiary/aromatic N) is 1. The second-order valence-corrected chi connectivity index (χ2v) is 3.64. The Morgan fingerprint density at radius 3 is 3.00 bits per heavy atom. The van der Waals surface area contributed by atoms with Crippen LogP contribution in [0.5, 0.6) is 0 Å². The highest BCUT2D eigenvalue weighted by atomic mass is 16.1. The Morgan fingerprint density at radius 1 is 1.62 bits per heavy atom. The summed E-state index contributed by atoms with van der Waals surface area (Å²) in [7, 11) is 1.94. The van der Waals surface area contributed by atoms with E-state index in [1.54, 1.807) is 0 Å². The van der Waals surface area contributed by atoms with Gasteiger partial charge in [0, 0.05) is 12.6 Å². The summed E-state index contributed by atoms with van der Waals surface area (Å²) in [5.74, 6) is -0.219. The largest absolute Gasteiger partial charge is 0.369 e. The first-order chi connectivity index (χ1) is 6.24. The zero-order chi connectivity index (χ0) is 9.68. The van der Waals surface area contributed by atoms with Crippen LogP contribution < -0.4 is 11.1 Å². The summed E-state index contributed by atoms with van der Waals surface area (Å²) in [6, 6.07) is 0.492. The summed E-state index contributed by atoms with van der Waals surface area (Å²) >= 11 is 0. The van der Waals surface area contributed by atoms with E-state index in [0.29, 0.717) is 12.6 Å². The maximum absolute atomic E-state index is 10.8. The van der Waals surface area contributed by atoms with Crippen LogP contribution >= 0.6 is 0 Å². The van der Waals surface area contributed by atoms with Gasteiger partial charge in [-0.3, -0.25) is 9.69 Å². The first-order valence-electron chi connectivity index (χ1n) is 4.91. The van der Waals surface area contributed by atoms with E-state index in [9.17, 15) is 4.79 Å². The quantitative estimate of drug-likeness (QED) is 0.623. The fourth-order valence-corrected chi connectivity index (χ4v) is 1.94. The predicted octanol–water partition coefficient (Wildman–Crippen LogP) is -0.454. The minimum absolute atomic E-state index is 0.219. The highest BCUT2D eigenvalue weighted by molar-refractivity contribution is 5.75. The normalized spacial score (nSPS) is 24.5. The molecular formula is C9H19N3O. The van der Waals surface area contributed by atoms with Gasteiger partial charge in [-0.15, -0.1) is 0 Å². The molecule has 76 valence electrons. The number of carbonyl (C=O) groups excluding carboxylic acids is 1. The van der Waals surface area contributed by atoms with Crippen molar-refractivity contribution in [3.63, 3.8) is 0 Å². The molecule has 1 unspecified atom stereocenters. The molecule has 0 spiro atoms. The average Bonchev–Trinajstić information content (AvgIpc) is 2.08. The number of nitrogens with one attached hydrogen (secondary N) is 1. The molecule has 1 saturated heterocycles. The van der Waals surface area contributed by atoms with Crippen LogP contribution in [-0.2, 0) is 4.79 Å². The molecule has 0 saturated carbocycles. The zero-order valence-electron chi connectivity index (χ0n) is 8.25. The van der Waals surface area contributed by atoms with Gasteiger partial charge in [-0.2, -0.15) is 0 Å². The summed E-state index contributed by atoms with van der Waals surface area (Å²) in [6.07, 6.45) is 3.63. The molecule has 0 aromatic rings. The van der Waals surface area contributed by atoms with Crippen LogP contribution in [0, 0.1) is 0 Å². The summed E-state index contributed by atoms with van der Waals surface area (Å²) in [5, 5.41) is 3.15. The molecular weight excluding hydrogens is 166 g/mol. The van der Waals surface area contributed by atoms with E-state index in [0.717, 1.165) is 13.1 Å². The third-order valence-electron chi connectivity index (χ3n) is 2.55. The Bertz CT molecular complexity index is 170. The smallest absolute Gasteiger partial charge is 0.231 e. The maximum atomic E-state index is 10.8. The Morgan fingerprint density at radius 2 is 2.38 bits per heavy atom. The van der Waals surface area contributed by atoms with Crippen LogP contribution in [-0.4, -0.2) is 43.5 Å². The lowest BCUT2D eigenvalue weighted by atomic mass is 10.0. The Hall–Kier alpha value is -0.610. The molecule has 1 aliphatic heterocycles. The van der Waals surface area contributed by atoms with Crippen LogP contribution in [0.2, 0.25) is 0 Å². The molecule has 3 N–H and O–H groups in total. The van der Waals surface area contributed by atoms with E-state index in [2.05, 4.69) is 10.2 Å².